The molecule has 5 nitrogen and oxygen atoms in total. The van der Waals surface area contributed by atoms with Crippen molar-refractivity contribution >= 4 is 40.3 Å². The minimum atomic E-state index is -0.407. The van der Waals surface area contributed by atoms with Crippen LogP contribution in [0.15, 0.2) is 75.0 Å². The van der Waals surface area contributed by atoms with Crippen molar-refractivity contribution in [3.8, 4) is 22.6 Å². The Kier molecular flexibility index (Phi) is 5.19. The van der Waals surface area contributed by atoms with Gasteiger partial charge in [-0.15, -0.1) is 11.8 Å². The normalized spacial score (nSPS) is 15.4. The van der Waals surface area contributed by atoms with E-state index < -0.39 is 5.97 Å². The number of benzene rings is 3. The predicted octanol–water partition coefficient (Wildman–Crippen LogP) is 5.98. The first-order valence-electron chi connectivity index (χ1n) is 9.88. The second-order valence-corrected chi connectivity index (χ2v) is 8.82. The number of hydrogen-bond donors (Lipinski definition) is 1. The van der Waals surface area contributed by atoms with Crippen LogP contribution in [0.25, 0.3) is 22.1 Å². The molecule has 5 rings (SSSR count). The summed E-state index contributed by atoms with van der Waals surface area (Å²) in [6.07, 6.45) is 3.47. The van der Waals surface area contributed by atoms with Gasteiger partial charge in [-0.2, -0.15) is 0 Å². The zero-order valence-corrected chi connectivity index (χ0v) is 18.5. The summed E-state index contributed by atoms with van der Waals surface area (Å²) in [5, 5.41) is 11.3. The van der Waals surface area contributed by atoms with Crippen LogP contribution < -0.4 is 10.2 Å². The Morgan fingerprint density at radius 2 is 1.78 bits per heavy atom. The van der Waals surface area contributed by atoms with Crippen molar-refractivity contribution in [2.75, 3.05) is 6.26 Å². The maximum Gasteiger partial charge on any atom is 0.312 e. The average Bonchev–Trinajstić information content (AvgIpc) is 2.79. The summed E-state index contributed by atoms with van der Waals surface area (Å²) in [5.41, 5.74) is 2.25. The molecule has 0 aliphatic carbocycles. The van der Waals surface area contributed by atoms with Crippen molar-refractivity contribution in [2.24, 2.45) is 0 Å². The molecule has 32 heavy (non-hydrogen) atoms. The molecular weight excluding hydrogens is 448 g/mol. The fourth-order valence-electron chi connectivity index (χ4n) is 4.08. The Balaban J connectivity index is 1.74. The van der Waals surface area contributed by atoms with Crippen LogP contribution in [0, 0.1) is 0 Å². The first-order valence-corrected chi connectivity index (χ1v) is 11.5. The molecule has 0 saturated carbocycles. The lowest BCUT2D eigenvalue weighted by atomic mass is 9.85. The van der Waals surface area contributed by atoms with E-state index in [-0.39, 0.29) is 40.2 Å². The maximum atomic E-state index is 13.3. The largest absolute Gasteiger partial charge is 0.507 e. The van der Waals surface area contributed by atoms with Crippen molar-refractivity contribution < 1.29 is 19.1 Å². The fourth-order valence-corrected chi connectivity index (χ4v) is 4.62. The first kappa shape index (κ1) is 20.7. The second kappa shape index (κ2) is 8.04. The molecule has 0 amide bonds. The molecule has 1 aliphatic rings. The molecule has 4 aromatic rings. The van der Waals surface area contributed by atoms with Crippen LogP contribution >= 0.6 is 23.4 Å². The van der Waals surface area contributed by atoms with Crippen molar-refractivity contribution in [1.29, 1.82) is 0 Å². The number of rotatable bonds is 3. The molecule has 160 valence electrons. The minimum Gasteiger partial charge on any atom is -0.507 e. The molecule has 0 fully saturated rings. The highest BCUT2D eigenvalue weighted by Gasteiger charge is 2.33. The SMILES string of the molecule is CSc1ccc([C@H]2CC(=O)Oc3cc(O)c4c(=O)c(-c5ccc(Cl)cc5)coc4c32)cc1. The van der Waals surface area contributed by atoms with Crippen LogP contribution in [0.3, 0.4) is 0 Å². The van der Waals surface area contributed by atoms with Gasteiger partial charge in [0.1, 0.15) is 28.7 Å². The van der Waals surface area contributed by atoms with E-state index in [1.165, 1.54) is 12.3 Å². The second-order valence-electron chi connectivity index (χ2n) is 7.50. The lowest BCUT2D eigenvalue weighted by Crippen LogP contribution is -2.22. The molecule has 0 bridgehead atoms. The molecule has 3 aromatic carbocycles. The zero-order valence-electron chi connectivity index (χ0n) is 16.9. The van der Waals surface area contributed by atoms with Crippen LogP contribution in [0.1, 0.15) is 23.5 Å². The van der Waals surface area contributed by atoms with Crippen LogP contribution in [0.4, 0.5) is 0 Å². The van der Waals surface area contributed by atoms with E-state index in [2.05, 4.69) is 0 Å². The van der Waals surface area contributed by atoms with Crippen LogP contribution in [-0.2, 0) is 4.79 Å². The third kappa shape index (κ3) is 3.45. The molecule has 1 atom stereocenters. The van der Waals surface area contributed by atoms with Crippen LogP contribution in [-0.4, -0.2) is 17.3 Å². The first-order chi connectivity index (χ1) is 15.5. The minimum absolute atomic E-state index is 0.0554. The summed E-state index contributed by atoms with van der Waals surface area (Å²) < 4.78 is 11.3. The average molecular weight is 465 g/mol. The zero-order chi connectivity index (χ0) is 22.4. The summed E-state index contributed by atoms with van der Waals surface area (Å²) in [6.45, 7) is 0. The van der Waals surface area contributed by atoms with Crippen molar-refractivity contribution in [1.82, 2.24) is 0 Å². The van der Waals surface area contributed by atoms with E-state index in [1.807, 2.05) is 30.5 Å². The molecule has 0 spiro atoms. The Morgan fingerprint density at radius 1 is 1.06 bits per heavy atom. The molecule has 0 unspecified atom stereocenters. The number of thioether (sulfide) groups is 1. The fraction of sp³-hybridized carbons (Fsp3) is 0.120. The van der Waals surface area contributed by atoms with Gasteiger partial charge in [-0.1, -0.05) is 35.9 Å². The van der Waals surface area contributed by atoms with E-state index >= 15 is 0 Å². The Hall–Kier alpha value is -3.22. The van der Waals surface area contributed by atoms with Gasteiger partial charge < -0.3 is 14.3 Å². The molecule has 2 heterocycles. The summed E-state index contributed by atoms with van der Waals surface area (Å²) >= 11 is 7.58. The molecule has 1 N–H and O–H groups in total. The van der Waals surface area contributed by atoms with Crippen molar-refractivity contribution in [3.05, 3.63) is 87.2 Å². The van der Waals surface area contributed by atoms with Crippen molar-refractivity contribution in [2.45, 2.75) is 17.2 Å². The lowest BCUT2D eigenvalue weighted by Gasteiger charge is -2.26. The number of ether oxygens (including phenoxy) is 1. The summed E-state index contributed by atoms with van der Waals surface area (Å²) in [4.78, 5) is 26.7. The highest BCUT2D eigenvalue weighted by Crippen LogP contribution is 2.45. The molecular formula is C25H17ClO5S. The van der Waals surface area contributed by atoms with Gasteiger partial charge in [0, 0.05) is 27.5 Å². The highest BCUT2D eigenvalue weighted by molar-refractivity contribution is 7.98. The van der Waals surface area contributed by atoms with Gasteiger partial charge in [0.05, 0.1) is 12.0 Å². The lowest BCUT2D eigenvalue weighted by molar-refractivity contribution is -0.135. The van der Waals surface area contributed by atoms with Crippen LogP contribution in [0.5, 0.6) is 11.5 Å². The third-order valence-corrected chi connectivity index (χ3v) is 6.64. The Labute approximate surface area is 192 Å². The number of halogens is 1. The molecule has 0 radical (unpaired) electrons. The van der Waals surface area contributed by atoms with Gasteiger partial charge in [-0.25, -0.2) is 0 Å². The summed E-state index contributed by atoms with van der Waals surface area (Å²) in [6, 6.07) is 16.0. The van der Waals surface area contributed by atoms with Gasteiger partial charge in [-0.3, -0.25) is 9.59 Å². The number of phenols is 1. The van der Waals surface area contributed by atoms with E-state index in [1.54, 1.807) is 36.0 Å². The monoisotopic (exact) mass is 464 g/mol. The van der Waals surface area contributed by atoms with E-state index in [0.29, 0.717) is 21.7 Å². The summed E-state index contributed by atoms with van der Waals surface area (Å²) in [5.74, 6) is -0.868. The predicted molar refractivity (Wildman–Crippen MR) is 125 cm³/mol. The number of hydrogen-bond acceptors (Lipinski definition) is 6. The number of carbonyl (C=O) groups is 1. The molecule has 0 saturated heterocycles. The number of carbonyl (C=O) groups excluding carboxylic acids is 1. The Bertz CT molecular complexity index is 1410. The van der Waals surface area contributed by atoms with Crippen LogP contribution in [0.2, 0.25) is 5.02 Å². The van der Waals surface area contributed by atoms with Gasteiger partial charge in [0.25, 0.3) is 0 Å². The van der Waals surface area contributed by atoms with E-state index in [9.17, 15) is 14.7 Å². The maximum absolute atomic E-state index is 13.3. The van der Waals surface area contributed by atoms with Gasteiger partial charge in [-0.05, 0) is 41.6 Å². The standard InChI is InChI=1S/C25H17ClO5S/c1-32-16-8-4-13(5-9-16)17-10-21(28)31-20-11-19(27)23-24(29)18(12-30-25(23)22(17)20)14-2-6-15(26)7-3-14/h2-9,11-12,17,27H,10H2,1H3/t17-/m1/s1. The van der Waals surface area contributed by atoms with Gasteiger partial charge in [0.15, 0.2) is 0 Å². The van der Waals surface area contributed by atoms with E-state index in [4.69, 9.17) is 20.8 Å². The number of phenolic OH excluding ortho intramolecular Hbond substituents is 1. The quantitative estimate of drug-likeness (QED) is 0.228. The van der Waals surface area contributed by atoms with Gasteiger partial charge in [0.2, 0.25) is 5.43 Å². The van der Waals surface area contributed by atoms with Gasteiger partial charge >= 0.3 is 5.97 Å². The number of aromatic hydroxyl groups is 1. The summed E-state index contributed by atoms with van der Waals surface area (Å²) in [7, 11) is 0. The third-order valence-electron chi connectivity index (χ3n) is 5.64. The Morgan fingerprint density at radius 3 is 2.47 bits per heavy atom. The topological polar surface area (TPSA) is 76.7 Å². The van der Waals surface area contributed by atoms with Crippen molar-refractivity contribution in [3.63, 3.8) is 0 Å². The highest BCUT2D eigenvalue weighted by atomic mass is 35.5. The molecule has 1 aliphatic heterocycles. The number of fused-ring (bicyclic) bond motifs is 3. The molecule has 7 heteroatoms. The number of esters is 1. The molecule has 1 aromatic heterocycles. The van der Waals surface area contributed by atoms with E-state index in [0.717, 1.165) is 10.5 Å². The smallest absolute Gasteiger partial charge is 0.312 e.